The molecule has 0 unspecified atom stereocenters. The second-order valence-corrected chi connectivity index (χ2v) is 4.78. The molecule has 0 atom stereocenters. The van der Waals surface area contributed by atoms with Gasteiger partial charge in [-0.2, -0.15) is 0 Å². The molecule has 1 aliphatic rings. The predicted octanol–water partition coefficient (Wildman–Crippen LogP) is 1.02. The van der Waals surface area contributed by atoms with E-state index in [1.165, 1.54) is 12.1 Å². The third-order valence-corrected chi connectivity index (χ3v) is 3.29. The number of rotatable bonds is 5. The van der Waals surface area contributed by atoms with Crippen LogP contribution in [0.2, 0.25) is 5.15 Å². The number of aromatic nitrogens is 2. The minimum atomic E-state index is -0.251. The second kappa shape index (κ2) is 4.98. The molecule has 2 rings (SSSR count). The van der Waals surface area contributed by atoms with Crippen LogP contribution in [0.4, 0.5) is 0 Å². The maximum Gasteiger partial charge on any atom is 0.271 e. The van der Waals surface area contributed by atoms with Crippen LogP contribution in [0.5, 0.6) is 0 Å². The largest absolute Gasteiger partial charge is 0.396 e. The van der Waals surface area contributed by atoms with Gasteiger partial charge in [0.05, 0.1) is 0 Å². The maximum absolute atomic E-state index is 11.7. The monoisotopic (exact) mass is 255 g/mol. The molecule has 5 nitrogen and oxygen atoms in total. The number of halogens is 1. The zero-order chi connectivity index (χ0) is 12.3. The molecule has 2 N–H and O–H groups in total. The van der Waals surface area contributed by atoms with Gasteiger partial charge < -0.3 is 10.4 Å². The van der Waals surface area contributed by atoms with Crippen molar-refractivity contribution in [2.75, 3.05) is 13.2 Å². The van der Waals surface area contributed by atoms with Crippen molar-refractivity contribution < 1.29 is 9.90 Å². The zero-order valence-electron chi connectivity index (χ0n) is 9.32. The number of carbonyl (C=O) groups excluding carboxylic acids is 1. The van der Waals surface area contributed by atoms with Crippen molar-refractivity contribution in [3.63, 3.8) is 0 Å². The third-order valence-electron chi connectivity index (χ3n) is 3.09. The van der Waals surface area contributed by atoms with E-state index in [2.05, 4.69) is 15.5 Å². The van der Waals surface area contributed by atoms with Crippen LogP contribution in [0, 0.1) is 5.41 Å². The smallest absolute Gasteiger partial charge is 0.271 e. The van der Waals surface area contributed by atoms with Gasteiger partial charge in [0, 0.05) is 13.2 Å². The summed E-state index contributed by atoms with van der Waals surface area (Å²) in [5.41, 5.74) is 0.360. The highest BCUT2D eigenvalue weighted by atomic mass is 35.5. The Hall–Kier alpha value is -1.20. The quantitative estimate of drug-likeness (QED) is 0.824. The first kappa shape index (κ1) is 12.3. The van der Waals surface area contributed by atoms with Gasteiger partial charge in [0.25, 0.3) is 5.91 Å². The highest BCUT2D eigenvalue weighted by Crippen LogP contribution is 2.47. The average molecular weight is 256 g/mol. The van der Waals surface area contributed by atoms with Crippen molar-refractivity contribution >= 4 is 17.5 Å². The van der Waals surface area contributed by atoms with Gasteiger partial charge in [0.15, 0.2) is 10.8 Å². The number of hydrogen-bond donors (Lipinski definition) is 2. The molecule has 1 heterocycles. The van der Waals surface area contributed by atoms with E-state index in [1.807, 2.05) is 0 Å². The average Bonchev–Trinajstić information content (AvgIpc) is 3.08. The van der Waals surface area contributed by atoms with Crippen molar-refractivity contribution in [3.05, 3.63) is 23.0 Å². The highest BCUT2D eigenvalue weighted by Gasteiger charge is 2.41. The summed E-state index contributed by atoms with van der Waals surface area (Å²) in [6.45, 7) is 0.743. The lowest BCUT2D eigenvalue weighted by Crippen LogP contribution is -2.31. The first-order valence-electron chi connectivity index (χ1n) is 5.53. The summed E-state index contributed by atoms with van der Waals surface area (Å²) in [5, 5.41) is 19.3. The summed E-state index contributed by atoms with van der Waals surface area (Å²) >= 11 is 5.58. The lowest BCUT2D eigenvalue weighted by Gasteiger charge is -2.13. The van der Waals surface area contributed by atoms with Gasteiger partial charge >= 0.3 is 0 Å². The van der Waals surface area contributed by atoms with Crippen LogP contribution in [0.3, 0.4) is 0 Å². The molecular formula is C11H14ClN3O2. The number of nitrogens with one attached hydrogen (secondary N) is 1. The molecule has 0 spiro atoms. The number of aliphatic hydroxyl groups excluding tert-OH is 1. The predicted molar refractivity (Wildman–Crippen MR) is 62.7 cm³/mol. The second-order valence-electron chi connectivity index (χ2n) is 4.40. The molecule has 1 saturated carbocycles. The van der Waals surface area contributed by atoms with Gasteiger partial charge in [-0.05, 0) is 36.8 Å². The van der Waals surface area contributed by atoms with E-state index in [-0.39, 0.29) is 28.8 Å². The molecule has 92 valence electrons. The zero-order valence-corrected chi connectivity index (χ0v) is 10.1. The fourth-order valence-corrected chi connectivity index (χ4v) is 1.83. The normalized spacial score (nSPS) is 16.6. The lowest BCUT2D eigenvalue weighted by molar-refractivity contribution is 0.0935. The van der Waals surface area contributed by atoms with E-state index >= 15 is 0 Å². The summed E-state index contributed by atoms with van der Waals surface area (Å²) in [4.78, 5) is 11.7. The van der Waals surface area contributed by atoms with Crippen LogP contribution in [0.25, 0.3) is 0 Å². The van der Waals surface area contributed by atoms with Crippen molar-refractivity contribution in [1.29, 1.82) is 0 Å². The minimum Gasteiger partial charge on any atom is -0.396 e. The van der Waals surface area contributed by atoms with Crippen molar-refractivity contribution in [3.8, 4) is 0 Å². The van der Waals surface area contributed by atoms with Gasteiger partial charge in [-0.25, -0.2) is 0 Å². The Morgan fingerprint density at radius 2 is 2.24 bits per heavy atom. The van der Waals surface area contributed by atoms with Gasteiger partial charge in [0.2, 0.25) is 0 Å². The van der Waals surface area contributed by atoms with Crippen LogP contribution < -0.4 is 5.32 Å². The molecule has 0 bridgehead atoms. The number of nitrogens with zero attached hydrogens (tertiary/aromatic N) is 2. The van der Waals surface area contributed by atoms with Gasteiger partial charge in [-0.1, -0.05) is 11.6 Å². The van der Waals surface area contributed by atoms with E-state index in [4.69, 9.17) is 16.7 Å². The Kier molecular flexibility index (Phi) is 3.59. The fourth-order valence-electron chi connectivity index (χ4n) is 1.72. The van der Waals surface area contributed by atoms with E-state index in [0.29, 0.717) is 6.54 Å². The number of carbonyl (C=O) groups is 1. The number of hydrogen-bond acceptors (Lipinski definition) is 4. The lowest BCUT2D eigenvalue weighted by atomic mass is 10.0. The first-order chi connectivity index (χ1) is 8.15. The highest BCUT2D eigenvalue weighted by molar-refractivity contribution is 6.29. The maximum atomic E-state index is 11.7. The molecule has 0 radical (unpaired) electrons. The summed E-state index contributed by atoms with van der Waals surface area (Å²) in [7, 11) is 0. The summed E-state index contributed by atoms with van der Waals surface area (Å²) in [6.07, 6.45) is 2.85. The molecular weight excluding hydrogens is 242 g/mol. The van der Waals surface area contributed by atoms with Crippen LogP contribution >= 0.6 is 11.6 Å². The summed E-state index contributed by atoms with van der Waals surface area (Å²) in [5.74, 6) is -0.251. The summed E-state index contributed by atoms with van der Waals surface area (Å²) in [6, 6.07) is 3.07. The Balaban J connectivity index is 1.87. The molecule has 1 amide bonds. The topological polar surface area (TPSA) is 75.1 Å². The van der Waals surface area contributed by atoms with Crippen LogP contribution in [-0.2, 0) is 0 Å². The first-order valence-corrected chi connectivity index (χ1v) is 5.91. The fraction of sp³-hybridized carbons (Fsp3) is 0.545. The van der Waals surface area contributed by atoms with Crippen molar-refractivity contribution in [2.24, 2.45) is 5.41 Å². The molecule has 1 aliphatic carbocycles. The molecule has 1 aromatic heterocycles. The molecule has 0 saturated heterocycles. The van der Waals surface area contributed by atoms with Crippen LogP contribution in [0.15, 0.2) is 12.1 Å². The van der Waals surface area contributed by atoms with Crippen LogP contribution in [0.1, 0.15) is 29.8 Å². The molecule has 6 heteroatoms. The molecule has 0 aliphatic heterocycles. The molecule has 0 aromatic carbocycles. The Morgan fingerprint density at radius 3 is 2.76 bits per heavy atom. The van der Waals surface area contributed by atoms with Gasteiger partial charge in [-0.15, -0.1) is 10.2 Å². The van der Waals surface area contributed by atoms with Gasteiger partial charge in [0.1, 0.15) is 0 Å². The van der Waals surface area contributed by atoms with Crippen molar-refractivity contribution in [2.45, 2.75) is 19.3 Å². The Labute approximate surface area is 104 Å². The van der Waals surface area contributed by atoms with E-state index in [9.17, 15) is 4.79 Å². The van der Waals surface area contributed by atoms with E-state index in [0.717, 1.165) is 19.3 Å². The van der Waals surface area contributed by atoms with Gasteiger partial charge in [-0.3, -0.25) is 4.79 Å². The summed E-state index contributed by atoms with van der Waals surface area (Å²) < 4.78 is 0. The molecule has 1 fully saturated rings. The molecule has 1 aromatic rings. The third kappa shape index (κ3) is 3.14. The van der Waals surface area contributed by atoms with E-state index in [1.54, 1.807) is 0 Å². The Bertz CT molecular complexity index is 404. The SMILES string of the molecule is O=C(NCC1(CCO)CC1)c1ccc(Cl)nn1. The standard InChI is InChI=1S/C11H14ClN3O2/c12-9-2-1-8(14-15-9)10(17)13-7-11(3-4-11)5-6-16/h1-2,16H,3-7H2,(H,13,17). The van der Waals surface area contributed by atoms with E-state index < -0.39 is 0 Å². The number of aliphatic hydroxyl groups is 1. The van der Waals surface area contributed by atoms with Crippen LogP contribution in [-0.4, -0.2) is 34.4 Å². The number of amides is 1. The minimum absolute atomic E-state index is 0.101. The Morgan fingerprint density at radius 1 is 1.47 bits per heavy atom. The molecule has 17 heavy (non-hydrogen) atoms. The van der Waals surface area contributed by atoms with Crippen molar-refractivity contribution in [1.82, 2.24) is 15.5 Å².